The van der Waals surface area contributed by atoms with Crippen LogP contribution >= 0.6 is 0 Å². The van der Waals surface area contributed by atoms with Crippen LogP contribution in [0.1, 0.15) is 13.3 Å². The molecule has 0 atom stereocenters. The van der Waals surface area contributed by atoms with Gasteiger partial charge in [0, 0.05) is 6.42 Å². The van der Waals surface area contributed by atoms with E-state index in [1.54, 1.807) is 13.1 Å². The number of carbonyl (C=O) groups is 1. The molecule has 1 aliphatic heterocycles. The normalized spacial score (nSPS) is 15.1. The van der Waals surface area contributed by atoms with E-state index in [-0.39, 0.29) is 5.97 Å². The van der Waals surface area contributed by atoms with Crippen molar-refractivity contribution in [2.75, 3.05) is 6.73 Å². The van der Waals surface area contributed by atoms with Gasteiger partial charge in [-0.25, -0.2) is 4.79 Å². The standard InChI is InChI=1S/C6H9NO3/c1-2-6(8)10-7-3-4-9-5-7/h3-4H,2,5H2,1H3. The van der Waals surface area contributed by atoms with Crippen LogP contribution in [0.2, 0.25) is 0 Å². The second-order valence-corrected chi connectivity index (χ2v) is 1.81. The van der Waals surface area contributed by atoms with Crippen molar-refractivity contribution >= 4 is 5.97 Å². The number of hydrogen-bond acceptors (Lipinski definition) is 4. The predicted molar refractivity (Wildman–Crippen MR) is 33.3 cm³/mol. The molecule has 0 amide bonds. The lowest BCUT2D eigenvalue weighted by molar-refractivity contribution is -0.184. The van der Waals surface area contributed by atoms with Crippen LogP contribution in [0.25, 0.3) is 0 Å². The van der Waals surface area contributed by atoms with Gasteiger partial charge in [-0.3, -0.25) is 0 Å². The van der Waals surface area contributed by atoms with Gasteiger partial charge in [-0.1, -0.05) is 6.92 Å². The molecule has 0 aromatic carbocycles. The number of rotatable bonds is 2. The van der Waals surface area contributed by atoms with Crippen molar-refractivity contribution in [1.82, 2.24) is 5.06 Å². The third kappa shape index (κ3) is 1.65. The lowest BCUT2D eigenvalue weighted by Gasteiger charge is -2.11. The summed E-state index contributed by atoms with van der Waals surface area (Å²) in [5, 5.41) is 1.34. The largest absolute Gasteiger partial charge is 0.476 e. The van der Waals surface area contributed by atoms with Gasteiger partial charge in [0.15, 0.2) is 6.73 Å². The molecule has 0 fully saturated rings. The summed E-state index contributed by atoms with van der Waals surface area (Å²) in [4.78, 5) is 15.4. The zero-order valence-corrected chi connectivity index (χ0v) is 5.74. The molecule has 0 saturated heterocycles. The fraction of sp³-hybridized carbons (Fsp3) is 0.500. The zero-order chi connectivity index (χ0) is 7.40. The number of carbonyl (C=O) groups excluding carboxylic acids is 1. The van der Waals surface area contributed by atoms with Crippen LogP contribution in [-0.4, -0.2) is 17.8 Å². The third-order valence-corrected chi connectivity index (χ3v) is 1.03. The van der Waals surface area contributed by atoms with E-state index in [1.165, 1.54) is 11.3 Å². The van der Waals surface area contributed by atoms with Crippen molar-refractivity contribution in [2.24, 2.45) is 0 Å². The van der Waals surface area contributed by atoms with Crippen molar-refractivity contribution in [1.29, 1.82) is 0 Å². The Labute approximate surface area is 59.0 Å². The van der Waals surface area contributed by atoms with E-state index in [9.17, 15) is 4.79 Å². The maximum absolute atomic E-state index is 10.6. The van der Waals surface area contributed by atoms with Crippen LogP contribution in [0.5, 0.6) is 0 Å². The monoisotopic (exact) mass is 143 g/mol. The number of hydrogen-bond donors (Lipinski definition) is 0. The first kappa shape index (κ1) is 6.92. The highest BCUT2D eigenvalue weighted by Crippen LogP contribution is 2.01. The smallest absolute Gasteiger partial charge is 0.332 e. The maximum Gasteiger partial charge on any atom is 0.332 e. The van der Waals surface area contributed by atoms with Crippen molar-refractivity contribution in [3.05, 3.63) is 12.5 Å². The minimum atomic E-state index is -0.254. The molecule has 0 aromatic heterocycles. The molecule has 0 bridgehead atoms. The molecule has 0 aromatic rings. The van der Waals surface area contributed by atoms with Gasteiger partial charge in [0.2, 0.25) is 0 Å². The Kier molecular flexibility index (Phi) is 2.15. The van der Waals surface area contributed by atoms with Crippen LogP contribution < -0.4 is 0 Å². The highest BCUT2D eigenvalue weighted by Gasteiger charge is 2.08. The summed E-state index contributed by atoms with van der Waals surface area (Å²) in [5.74, 6) is -0.254. The summed E-state index contributed by atoms with van der Waals surface area (Å²) in [7, 11) is 0. The third-order valence-electron chi connectivity index (χ3n) is 1.03. The Balaban J connectivity index is 2.24. The van der Waals surface area contributed by atoms with E-state index in [0.29, 0.717) is 13.2 Å². The Morgan fingerprint density at radius 1 is 1.90 bits per heavy atom. The van der Waals surface area contributed by atoms with Crippen molar-refractivity contribution in [3.8, 4) is 0 Å². The molecule has 0 unspecified atom stereocenters. The summed E-state index contributed by atoms with van der Waals surface area (Å²) in [6, 6.07) is 0. The fourth-order valence-electron chi connectivity index (χ4n) is 0.523. The molecule has 0 spiro atoms. The van der Waals surface area contributed by atoms with Crippen LogP contribution in [0.4, 0.5) is 0 Å². The Bertz CT molecular complexity index is 155. The molecule has 1 aliphatic rings. The highest BCUT2D eigenvalue weighted by atomic mass is 16.7. The quantitative estimate of drug-likeness (QED) is 0.567. The second-order valence-electron chi connectivity index (χ2n) is 1.81. The van der Waals surface area contributed by atoms with E-state index in [4.69, 9.17) is 9.57 Å². The van der Waals surface area contributed by atoms with Gasteiger partial charge in [0.1, 0.15) is 6.26 Å². The first-order valence-electron chi connectivity index (χ1n) is 3.08. The summed E-state index contributed by atoms with van der Waals surface area (Å²) >= 11 is 0. The molecule has 1 heterocycles. The average Bonchev–Trinajstić information content (AvgIpc) is 2.40. The molecule has 4 heteroatoms. The zero-order valence-electron chi connectivity index (χ0n) is 5.74. The van der Waals surface area contributed by atoms with E-state index in [0.717, 1.165) is 0 Å². The predicted octanol–water partition coefficient (Wildman–Crippen LogP) is 0.615. The van der Waals surface area contributed by atoms with Crippen LogP contribution in [0, 0.1) is 0 Å². The summed E-state index contributed by atoms with van der Waals surface area (Å²) in [5.41, 5.74) is 0. The molecule has 0 radical (unpaired) electrons. The first-order valence-corrected chi connectivity index (χ1v) is 3.08. The van der Waals surface area contributed by atoms with Crippen molar-refractivity contribution in [2.45, 2.75) is 13.3 Å². The van der Waals surface area contributed by atoms with Gasteiger partial charge in [0.05, 0.1) is 6.20 Å². The van der Waals surface area contributed by atoms with Crippen molar-refractivity contribution in [3.63, 3.8) is 0 Å². The lowest BCUT2D eigenvalue weighted by atomic mass is 10.5. The molecule has 1 rings (SSSR count). The number of nitrogens with zero attached hydrogens (tertiary/aromatic N) is 1. The topological polar surface area (TPSA) is 38.8 Å². The van der Waals surface area contributed by atoms with Gasteiger partial charge in [-0.05, 0) is 0 Å². The molecule has 0 N–H and O–H groups in total. The van der Waals surface area contributed by atoms with Gasteiger partial charge >= 0.3 is 5.97 Å². The first-order chi connectivity index (χ1) is 4.83. The van der Waals surface area contributed by atoms with Crippen LogP contribution in [-0.2, 0) is 14.4 Å². The molecule has 0 saturated carbocycles. The van der Waals surface area contributed by atoms with Crippen molar-refractivity contribution < 1.29 is 14.4 Å². The van der Waals surface area contributed by atoms with Gasteiger partial charge in [0.25, 0.3) is 0 Å². The Hall–Kier alpha value is -1.19. The Morgan fingerprint density at radius 2 is 2.70 bits per heavy atom. The van der Waals surface area contributed by atoms with Crippen LogP contribution in [0.15, 0.2) is 12.5 Å². The molecular formula is C6H9NO3. The van der Waals surface area contributed by atoms with E-state index < -0.39 is 0 Å². The van der Waals surface area contributed by atoms with Crippen LogP contribution in [0.3, 0.4) is 0 Å². The molecule has 10 heavy (non-hydrogen) atoms. The molecular weight excluding hydrogens is 134 g/mol. The minimum absolute atomic E-state index is 0.254. The second kappa shape index (κ2) is 3.10. The molecule has 0 aliphatic carbocycles. The number of hydroxylamine groups is 2. The van der Waals surface area contributed by atoms with Gasteiger partial charge in [-0.2, -0.15) is 5.06 Å². The lowest BCUT2D eigenvalue weighted by Crippen LogP contribution is -2.19. The molecule has 56 valence electrons. The van der Waals surface area contributed by atoms with Gasteiger partial charge in [-0.15, -0.1) is 0 Å². The van der Waals surface area contributed by atoms with E-state index >= 15 is 0 Å². The minimum Gasteiger partial charge on any atom is -0.476 e. The molecule has 4 nitrogen and oxygen atoms in total. The summed E-state index contributed by atoms with van der Waals surface area (Å²) < 4.78 is 4.77. The Morgan fingerprint density at radius 3 is 3.20 bits per heavy atom. The fourth-order valence-corrected chi connectivity index (χ4v) is 0.523. The average molecular weight is 143 g/mol. The van der Waals surface area contributed by atoms with Gasteiger partial charge < -0.3 is 9.57 Å². The van der Waals surface area contributed by atoms with E-state index in [2.05, 4.69) is 0 Å². The number of ether oxygens (including phenoxy) is 1. The van der Waals surface area contributed by atoms with E-state index in [1.807, 2.05) is 0 Å². The highest BCUT2D eigenvalue weighted by molar-refractivity contribution is 5.68. The SMILES string of the molecule is CCC(=O)ON1C=COC1. The summed E-state index contributed by atoms with van der Waals surface area (Å²) in [6.45, 7) is 2.04. The maximum atomic E-state index is 10.6. The summed E-state index contributed by atoms with van der Waals surface area (Å²) in [6.07, 6.45) is 3.42.